The fourth-order valence-corrected chi connectivity index (χ4v) is 5.28. The molecule has 4 unspecified atom stereocenters. The highest BCUT2D eigenvalue weighted by molar-refractivity contribution is 5.83. The molecule has 0 radical (unpaired) electrons. The maximum absolute atomic E-state index is 13.0. The summed E-state index contributed by atoms with van der Waals surface area (Å²) in [5.41, 5.74) is 0. The van der Waals surface area contributed by atoms with Crippen molar-refractivity contribution in [3.63, 3.8) is 0 Å². The van der Waals surface area contributed by atoms with Crippen LogP contribution in [0, 0.1) is 11.8 Å². The first kappa shape index (κ1) is 17.7. The molecule has 29 heavy (non-hydrogen) atoms. The zero-order valence-corrected chi connectivity index (χ0v) is 17.0. The molecule has 4 atom stereocenters. The van der Waals surface area contributed by atoms with Crippen LogP contribution in [0.3, 0.4) is 0 Å². The molecule has 6 rings (SSSR count). The number of fused-ring (bicyclic) bond motifs is 1. The van der Waals surface area contributed by atoms with Gasteiger partial charge in [0.15, 0.2) is 0 Å². The van der Waals surface area contributed by atoms with Crippen LogP contribution in [0.5, 0.6) is 0 Å². The van der Waals surface area contributed by atoms with Crippen LogP contribution in [-0.4, -0.2) is 45.2 Å². The summed E-state index contributed by atoms with van der Waals surface area (Å²) in [6, 6.07) is 4.23. The van der Waals surface area contributed by atoms with Crippen LogP contribution in [-0.2, 0) is 17.9 Å². The lowest BCUT2D eigenvalue weighted by Gasteiger charge is -2.32. The fourth-order valence-electron chi connectivity index (χ4n) is 5.28. The summed E-state index contributed by atoms with van der Waals surface area (Å²) in [4.78, 5) is 15.1. The highest BCUT2D eigenvalue weighted by Gasteiger charge is 2.49. The first-order valence-electron chi connectivity index (χ1n) is 11.2. The first-order chi connectivity index (χ1) is 14.2. The van der Waals surface area contributed by atoms with Crippen LogP contribution in [0.4, 0.5) is 0 Å². The molecular formula is C22H29N5O2. The molecule has 0 spiro atoms. The normalized spacial score (nSPS) is 31.6. The highest BCUT2D eigenvalue weighted by Crippen LogP contribution is 2.52. The predicted octanol–water partition coefficient (Wildman–Crippen LogP) is 2.61. The zero-order valence-electron chi connectivity index (χ0n) is 17.0. The van der Waals surface area contributed by atoms with Gasteiger partial charge in [-0.25, -0.2) is 0 Å². The maximum atomic E-state index is 13.0. The third kappa shape index (κ3) is 3.10. The topological polar surface area (TPSA) is 76.2 Å². The predicted molar refractivity (Wildman–Crippen MR) is 106 cm³/mol. The number of nitrogens with zero attached hydrogens (tertiary/aromatic N) is 4. The molecule has 0 bridgehead atoms. The standard InChI is InChI=1S/C22H29N5O2/c1-13-10-15(13)18-2-3-19(29-18)16-11-17(16)22(28)26-7-4-14(5-8-26)21-25-24-20-12-23-6-9-27(20)21/h2-3,13-17,23H,4-12H2,1H3. The van der Waals surface area contributed by atoms with E-state index in [4.69, 9.17) is 4.42 Å². The van der Waals surface area contributed by atoms with E-state index in [0.717, 1.165) is 81.1 Å². The van der Waals surface area contributed by atoms with Crippen molar-refractivity contribution in [3.05, 3.63) is 35.3 Å². The van der Waals surface area contributed by atoms with Gasteiger partial charge < -0.3 is 19.2 Å². The number of hydrogen-bond donors (Lipinski definition) is 1. The van der Waals surface area contributed by atoms with E-state index < -0.39 is 0 Å². The molecule has 154 valence electrons. The summed E-state index contributed by atoms with van der Waals surface area (Å²) < 4.78 is 8.38. The van der Waals surface area contributed by atoms with Crippen LogP contribution in [0.25, 0.3) is 0 Å². The minimum absolute atomic E-state index is 0.120. The number of likely N-dealkylation sites (tertiary alicyclic amines) is 1. The number of furan rings is 1. The Bertz CT molecular complexity index is 926. The number of carbonyl (C=O) groups is 1. The van der Waals surface area contributed by atoms with Gasteiger partial charge in [-0.1, -0.05) is 6.92 Å². The van der Waals surface area contributed by atoms with E-state index in [9.17, 15) is 4.79 Å². The second-order valence-electron chi connectivity index (χ2n) is 9.41. The molecule has 3 fully saturated rings. The Labute approximate surface area is 170 Å². The molecule has 1 N–H and O–H groups in total. The van der Waals surface area contributed by atoms with E-state index in [1.165, 1.54) is 6.42 Å². The molecule has 2 aliphatic heterocycles. The lowest BCUT2D eigenvalue weighted by molar-refractivity contribution is -0.133. The lowest BCUT2D eigenvalue weighted by Crippen LogP contribution is -2.39. The molecule has 2 saturated carbocycles. The quantitative estimate of drug-likeness (QED) is 0.861. The summed E-state index contributed by atoms with van der Waals surface area (Å²) >= 11 is 0. The Morgan fingerprint density at radius 3 is 2.62 bits per heavy atom. The Hall–Kier alpha value is -2.15. The van der Waals surface area contributed by atoms with Gasteiger partial charge >= 0.3 is 0 Å². The second-order valence-corrected chi connectivity index (χ2v) is 9.41. The highest BCUT2D eigenvalue weighted by atomic mass is 16.3. The average molecular weight is 396 g/mol. The SMILES string of the molecule is CC1CC1c1ccc(C2CC2C(=O)N2CCC(c3nnc4n3CCNC4)CC2)o1. The molecular weight excluding hydrogens is 366 g/mol. The van der Waals surface area contributed by atoms with Crippen molar-refractivity contribution in [3.8, 4) is 0 Å². The van der Waals surface area contributed by atoms with Crippen molar-refractivity contribution in [2.45, 2.75) is 63.5 Å². The van der Waals surface area contributed by atoms with Gasteiger partial charge in [0.1, 0.15) is 23.2 Å². The minimum Gasteiger partial charge on any atom is -0.465 e. The molecule has 2 aliphatic carbocycles. The average Bonchev–Trinajstić information content (AvgIpc) is 3.59. The molecule has 4 aliphatic rings. The number of amides is 1. The van der Waals surface area contributed by atoms with E-state index in [0.29, 0.717) is 23.7 Å². The van der Waals surface area contributed by atoms with Crippen molar-refractivity contribution in [2.24, 2.45) is 11.8 Å². The molecule has 1 amide bonds. The minimum atomic E-state index is 0.120. The van der Waals surface area contributed by atoms with Gasteiger partial charge in [-0.2, -0.15) is 0 Å². The molecule has 2 aromatic heterocycles. The second kappa shape index (κ2) is 6.69. The van der Waals surface area contributed by atoms with Crippen LogP contribution in [0.2, 0.25) is 0 Å². The Morgan fingerprint density at radius 2 is 1.86 bits per heavy atom. The van der Waals surface area contributed by atoms with E-state index in [1.54, 1.807) is 0 Å². The van der Waals surface area contributed by atoms with Crippen molar-refractivity contribution in [1.29, 1.82) is 0 Å². The zero-order chi connectivity index (χ0) is 19.5. The molecule has 1 saturated heterocycles. The molecule has 7 nitrogen and oxygen atoms in total. The van der Waals surface area contributed by atoms with E-state index >= 15 is 0 Å². The van der Waals surface area contributed by atoms with Crippen molar-refractivity contribution in [1.82, 2.24) is 25.0 Å². The van der Waals surface area contributed by atoms with Gasteiger partial charge in [0.25, 0.3) is 0 Å². The molecule has 7 heteroatoms. The summed E-state index contributed by atoms with van der Waals surface area (Å²) in [6.45, 7) is 6.66. The number of nitrogens with one attached hydrogen (secondary N) is 1. The number of aromatic nitrogens is 3. The smallest absolute Gasteiger partial charge is 0.226 e. The van der Waals surface area contributed by atoms with Crippen LogP contribution < -0.4 is 5.32 Å². The first-order valence-corrected chi connectivity index (χ1v) is 11.2. The van der Waals surface area contributed by atoms with Gasteiger partial charge in [0, 0.05) is 49.9 Å². The van der Waals surface area contributed by atoms with Gasteiger partial charge in [-0.3, -0.25) is 4.79 Å². The maximum Gasteiger partial charge on any atom is 0.226 e. The lowest BCUT2D eigenvalue weighted by atomic mass is 9.95. The van der Waals surface area contributed by atoms with Crippen molar-refractivity contribution in [2.75, 3.05) is 19.6 Å². The van der Waals surface area contributed by atoms with E-state index in [1.807, 2.05) is 0 Å². The number of piperidine rings is 1. The van der Waals surface area contributed by atoms with Gasteiger partial charge in [0.2, 0.25) is 5.91 Å². The van der Waals surface area contributed by atoms with Gasteiger partial charge in [-0.05, 0) is 43.7 Å². The van der Waals surface area contributed by atoms with Crippen molar-refractivity contribution >= 4 is 5.91 Å². The Balaban J connectivity index is 1.06. The third-order valence-electron chi connectivity index (χ3n) is 7.42. The third-order valence-corrected chi connectivity index (χ3v) is 7.42. The molecule has 2 aromatic rings. The Kier molecular flexibility index (Phi) is 4.08. The summed E-state index contributed by atoms with van der Waals surface area (Å²) in [5, 5.41) is 12.2. The largest absolute Gasteiger partial charge is 0.465 e. The van der Waals surface area contributed by atoms with Crippen LogP contribution in [0.15, 0.2) is 16.5 Å². The number of carbonyl (C=O) groups excluding carboxylic acids is 1. The van der Waals surface area contributed by atoms with E-state index in [-0.39, 0.29) is 5.92 Å². The molecule has 0 aromatic carbocycles. The van der Waals surface area contributed by atoms with Gasteiger partial charge in [-0.15, -0.1) is 10.2 Å². The molecule has 4 heterocycles. The fraction of sp³-hybridized carbons (Fsp3) is 0.682. The number of hydrogen-bond acceptors (Lipinski definition) is 5. The summed E-state index contributed by atoms with van der Waals surface area (Å²) in [5.74, 6) is 6.82. The van der Waals surface area contributed by atoms with Gasteiger partial charge in [0.05, 0.1) is 6.54 Å². The monoisotopic (exact) mass is 395 g/mol. The Morgan fingerprint density at radius 1 is 1.10 bits per heavy atom. The van der Waals surface area contributed by atoms with E-state index in [2.05, 4.69) is 44.0 Å². The van der Waals surface area contributed by atoms with Crippen LogP contribution >= 0.6 is 0 Å². The van der Waals surface area contributed by atoms with Crippen LogP contribution in [0.1, 0.15) is 73.5 Å². The summed E-state index contributed by atoms with van der Waals surface area (Å²) in [6.07, 6.45) is 4.15. The summed E-state index contributed by atoms with van der Waals surface area (Å²) in [7, 11) is 0. The number of rotatable bonds is 4. The van der Waals surface area contributed by atoms with Crippen molar-refractivity contribution < 1.29 is 9.21 Å².